The summed E-state index contributed by atoms with van der Waals surface area (Å²) in [5.41, 5.74) is 10.7. The Morgan fingerprint density at radius 3 is 2.48 bits per heavy atom. The summed E-state index contributed by atoms with van der Waals surface area (Å²) >= 11 is 0. The van der Waals surface area contributed by atoms with E-state index in [1.165, 1.54) is 22.3 Å². The van der Waals surface area contributed by atoms with Gasteiger partial charge in [0.05, 0.1) is 5.69 Å². The zero-order chi connectivity index (χ0) is 18.6. The van der Waals surface area contributed by atoms with Crippen molar-refractivity contribution in [1.29, 1.82) is 0 Å². The van der Waals surface area contributed by atoms with Crippen molar-refractivity contribution in [3.63, 3.8) is 0 Å². The number of aliphatic imine (C=N–C) groups is 1. The zero-order valence-electron chi connectivity index (χ0n) is 16.2. The summed E-state index contributed by atoms with van der Waals surface area (Å²) in [6.07, 6.45) is 10.3. The molecule has 1 nitrogen and oxygen atoms in total. The second kappa shape index (κ2) is 8.11. The van der Waals surface area contributed by atoms with E-state index in [4.69, 9.17) is 4.99 Å². The Kier molecular flexibility index (Phi) is 6.14. The molecule has 25 heavy (non-hydrogen) atoms. The van der Waals surface area contributed by atoms with Gasteiger partial charge in [-0.25, -0.2) is 0 Å². The van der Waals surface area contributed by atoms with E-state index in [0.29, 0.717) is 0 Å². The van der Waals surface area contributed by atoms with Crippen molar-refractivity contribution in [3.05, 3.63) is 83.0 Å². The fourth-order valence-corrected chi connectivity index (χ4v) is 2.99. The van der Waals surface area contributed by atoms with Gasteiger partial charge < -0.3 is 0 Å². The highest BCUT2D eigenvalue weighted by Crippen LogP contribution is 2.35. The summed E-state index contributed by atoms with van der Waals surface area (Å²) in [4.78, 5) is 4.93. The van der Waals surface area contributed by atoms with E-state index >= 15 is 0 Å². The SMILES string of the molecule is C=C(C)C(=C\C=C/C)/C=C(\C)C1=Nc2cc(C(=C)C)cc(CC)c2C1. The highest BCUT2D eigenvalue weighted by atomic mass is 14.8. The first-order chi connectivity index (χ1) is 11.9. The van der Waals surface area contributed by atoms with Crippen LogP contribution in [-0.4, -0.2) is 5.71 Å². The molecule has 0 fully saturated rings. The van der Waals surface area contributed by atoms with Crippen LogP contribution in [0.1, 0.15) is 51.3 Å². The number of fused-ring (bicyclic) bond motifs is 1. The molecular weight excluding hydrogens is 302 g/mol. The third-order valence-corrected chi connectivity index (χ3v) is 4.58. The van der Waals surface area contributed by atoms with Crippen molar-refractivity contribution < 1.29 is 0 Å². The number of hydrogen-bond donors (Lipinski definition) is 0. The molecule has 1 aromatic carbocycles. The standard InChI is InChI=1S/C24H29N/c1-8-10-11-20(16(3)4)12-18(7)23-15-22-19(9-2)13-21(17(5)6)14-24(22)25-23/h8,10-14H,3,5,9,15H2,1-2,4,6-7H3/b10-8-,18-12+,20-11-. The van der Waals surface area contributed by atoms with Gasteiger partial charge >= 0.3 is 0 Å². The molecule has 0 amide bonds. The number of rotatable bonds is 6. The van der Waals surface area contributed by atoms with Crippen LogP contribution in [0.2, 0.25) is 0 Å². The van der Waals surface area contributed by atoms with Gasteiger partial charge in [0.1, 0.15) is 0 Å². The zero-order valence-corrected chi connectivity index (χ0v) is 16.2. The second-order valence-corrected chi connectivity index (χ2v) is 6.76. The molecule has 0 unspecified atom stereocenters. The number of hydrogen-bond acceptors (Lipinski definition) is 1. The molecule has 1 aliphatic heterocycles. The van der Waals surface area contributed by atoms with E-state index < -0.39 is 0 Å². The number of nitrogens with zero attached hydrogens (tertiary/aromatic N) is 1. The first kappa shape index (κ1) is 18.9. The van der Waals surface area contributed by atoms with E-state index in [-0.39, 0.29) is 0 Å². The van der Waals surface area contributed by atoms with Crippen LogP contribution in [0.3, 0.4) is 0 Å². The Bertz CT molecular complexity index is 826. The fourth-order valence-electron chi connectivity index (χ4n) is 2.99. The van der Waals surface area contributed by atoms with Crippen LogP contribution in [0, 0.1) is 0 Å². The Morgan fingerprint density at radius 1 is 1.20 bits per heavy atom. The quantitative estimate of drug-likeness (QED) is 0.501. The van der Waals surface area contributed by atoms with E-state index in [0.717, 1.165) is 41.0 Å². The molecule has 1 aliphatic rings. The van der Waals surface area contributed by atoms with Gasteiger partial charge in [-0.05, 0) is 74.1 Å². The molecule has 1 heteroatoms. The van der Waals surface area contributed by atoms with E-state index in [1.807, 2.05) is 26.0 Å². The van der Waals surface area contributed by atoms with Gasteiger partial charge in [0, 0.05) is 12.1 Å². The lowest BCUT2D eigenvalue weighted by atomic mass is 9.94. The summed E-state index contributed by atoms with van der Waals surface area (Å²) in [5, 5.41) is 0. The van der Waals surface area contributed by atoms with Crippen LogP contribution in [0.5, 0.6) is 0 Å². The molecule has 0 aromatic heterocycles. The van der Waals surface area contributed by atoms with Crippen molar-refractivity contribution in [3.8, 4) is 0 Å². The molecule has 0 atom stereocenters. The summed E-state index contributed by atoms with van der Waals surface area (Å²) in [5.74, 6) is 0. The number of allylic oxidation sites excluding steroid dienone is 8. The van der Waals surface area contributed by atoms with Gasteiger partial charge in [-0.15, -0.1) is 0 Å². The van der Waals surface area contributed by atoms with Crippen molar-refractivity contribution in [2.24, 2.45) is 4.99 Å². The minimum absolute atomic E-state index is 0.907. The maximum atomic E-state index is 4.93. The molecule has 0 saturated carbocycles. The Labute approximate surface area is 152 Å². The van der Waals surface area contributed by atoms with Gasteiger partial charge in [0.2, 0.25) is 0 Å². The molecule has 0 saturated heterocycles. The van der Waals surface area contributed by atoms with E-state index in [1.54, 1.807) is 0 Å². The summed E-state index contributed by atoms with van der Waals surface area (Å²) in [7, 11) is 0. The lowest BCUT2D eigenvalue weighted by Crippen LogP contribution is -2.02. The highest BCUT2D eigenvalue weighted by molar-refractivity contribution is 6.06. The monoisotopic (exact) mass is 331 g/mol. The minimum Gasteiger partial charge on any atom is -0.253 e. The van der Waals surface area contributed by atoms with Crippen LogP contribution in [0.15, 0.2) is 71.3 Å². The Morgan fingerprint density at radius 2 is 1.92 bits per heavy atom. The Balaban J connectivity index is 2.41. The summed E-state index contributed by atoms with van der Waals surface area (Å²) < 4.78 is 0. The summed E-state index contributed by atoms with van der Waals surface area (Å²) in [6, 6.07) is 4.44. The lowest BCUT2D eigenvalue weighted by molar-refractivity contribution is 1.10. The van der Waals surface area contributed by atoms with Gasteiger partial charge in [-0.2, -0.15) is 0 Å². The van der Waals surface area contributed by atoms with Crippen molar-refractivity contribution in [2.45, 2.75) is 47.5 Å². The maximum absolute atomic E-state index is 4.93. The average Bonchev–Trinajstić information content (AvgIpc) is 3.01. The first-order valence-corrected chi connectivity index (χ1v) is 8.94. The van der Waals surface area contributed by atoms with Gasteiger partial charge in [0.25, 0.3) is 0 Å². The fraction of sp³-hybridized carbons (Fsp3) is 0.292. The van der Waals surface area contributed by atoms with Crippen molar-refractivity contribution >= 4 is 17.0 Å². The highest BCUT2D eigenvalue weighted by Gasteiger charge is 2.20. The average molecular weight is 332 g/mol. The lowest BCUT2D eigenvalue weighted by Gasteiger charge is -2.09. The van der Waals surface area contributed by atoms with Gasteiger partial charge in [0.15, 0.2) is 0 Å². The predicted octanol–water partition coefficient (Wildman–Crippen LogP) is 6.94. The smallest absolute Gasteiger partial charge is 0.0677 e. The molecule has 2 rings (SSSR count). The normalized spacial score (nSPS) is 14.7. The first-order valence-electron chi connectivity index (χ1n) is 8.94. The van der Waals surface area contributed by atoms with Crippen LogP contribution < -0.4 is 0 Å². The topological polar surface area (TPSA) is 12.4 Å². The number of benzene rings is 1. The van der Waals surface area contributed by atoms with E-state index in [2.05, 4.69) is 58.2 Å². The van der Waals surface area contributed by atoms with Crippen molar-refractivity contribution in [2.75, 3.05) is 0 Å². The largest absolute Gasteiger partial charge is 0.253 e. The predicted molar refractivity (Wildman–Crippen MR) is 113 cm³/mol. The third kappa shape index (κ3) is 4.36. The maximum Gasteiger partial charge on any atom is 0.0677 e. The van der Waals surface area contributed by atoms with Crippen LogP contribution >= 0.6 is 0 Å². The molecule has 0 bridgehead atoms. The molecule has 0 spiro atoms. The minimum atomic E-state index is 0.907. The molecule has 0 aliphatic carbocycles. The molecule has 0 radical (unpaired) electrons. The molecule has 0 N–H and O–H groups in total. The third-order valence-electron chi connectivity index (χ3n) is 4.58. The van der Waals surface area contributed by atoms with Crippen LogP contribution in [0.4, 0.5) is 5.69 Å². The van der Waals surface area contributed by atoms with Crippen molar-refractivity contribution in [1.82, 2.24) is 0 Å². The van der Waals surface area contributed by atoms with Gasteiger partial charge in [-0.3, -0.25) is 4.99 Å². The van der Waals surface area contributed by atoms with Crippen LogP contribution in [0.25, 0.3) is 5.57 Å². The molecule has 1 aromatic rings. The van der Waals surface area contributed by atoms with Gasteiger partial charge in [-0.1, -0.05) is 55.5 Å². The molecule has 130 valence electrons. The van der Waals surface area contributed by atoms with E-state index in [9.17, 15) is 0 Å². The second-order valence-electron chi connectivity index (χ2n) is 6.76. The number of aryl methyl sites for hydroxylation is 1. The Hall–Kier alpha value is -2.41. The molecule has 1 heterocycles. The van der Waals surface area contributed by atoms with Crippen LogP contribution in [-0.2, 0) is 12.8 Å². The molecular formula is C24H29N. The summed E-state index contributed by atoms with van der Waals surface area (Å²) in [6.45, 7) is 18.6.